The zero-order valence-corrected chi connectivity index (χ0v) is 11.1. The number of nitrogens with one attached hydrogen (secondary N) is 1. The number of aromatic nitrogens is 1. The molecule has 0 bridgehead atoms. The molecule has 0 aliphatic heterocycles. The normalized spacial score (nSPS) is 10.2. The number of aromatic amines is 1. The zero-order chi connectivity index (χ0) is 14.5. The van der Waals surface area contributed by atoms with Gasteiger partial charge in [-0.25, -0.2) is 0 Å². The summed E-state index contributed by atoms with van der Waals surface area (Å²) in [4.78, 5) is 29.3. The molecular weight excluding hydrogens is 252 g/mol. The summed E-state index contributed by atoms with van der Waals surface area (Å²) in [6.45, 7) is 7.98. The topological polar surface area (TPSA) is 53.2 Å². The van der Waals surface area contributed by atoms with Gasteiger partial charge >= 0.3 is 0 Å². The van der Waals surface area contributed by atoms with Crippen LogP contribution in [0.1, 0.15) is 10.4 Å². The second kappa shape index (κ2) is 6.02. The van der Waals surface area contributed by atoms with Crippen LogP contribution in [0.3, 0.4) is 0 Å². The van der Waals surface area contributed by atoms with Crippen LogP contribution < -0.4 is 5.43 Å². The second-order valence-corrected chi connectivity index (χ2v) is 4.36. The fraction of sp³-hybridized carbons (Fsp3) is 0.125. The Morgan fingerprint density at radius 1 is 1.20 bits per heavy atom. The first-order valence-electron chi connectivity index (χ1n) is 6.30. The molecule has 4 nitrogen and oxygen atoms in total. The number of rotatable bonds is 5. The minimum Gasteiger partial charge on any atom is -0.360 e. The van der Waals surface area contributed by atoms with Gasteiger partial charge in [0.25, 0.3) is 5.91 Å². The van der Waals surface area contributed by atoms with Crippen molar-refractivity contribution in [2.75, 3.05) is 13.1 Å². The van der Waals surface area contributed by atoms with E-state index in [4.69, 9.17) is 0 Å². The highest BCUT2D eigenvalue weighted by molar-refractivity contribution is 5.97. The molecule has 1 N–H and O–H groups in total. The number of fused-ring (bicyclic) bond motifs is 1. The van der Waals surface area contributed by atoms with E-state index in [1.54, 1.807) is 30.4 Å². The van der Waals surface area contributed by atoms with Crippen LogP contribution in [0, 0.1) is 0 Å². The Hall–Kier alpha value is -2.62. The number of H-pyrrole nitrogens is 1. The lowest BCUT2D eigenvalue weighted by molar-refractivity contribution is 0.0789. The van der Waals surface area contributed by atoms with Crippen molar-refractivity contribution in [3.8, 4) is 0 Å². The maximum atomic E-state index is 12.4. The van der Waals surface area contributed by atoms with Gasteiger partial charge in [0.05, 0.1) is 0 Å². The fourth-order valence-corrected chi connectivity index (χ4v) is 2.05. The minimum absolute atomic E-state index is 0.132. The van der Waals surface area contributed by atoms with Gasteiger partial charge in [0, 0.05) is 30.2 Å². The molecule has 0 aliphatic carbocycles. The summed E-state index contributed by atoms with van der Waals surface area (Å²) in [6.07, 6.45) is 4.71. The van der Waals surface area contributed by atoms with Crippen LogP contribution in [0.4, 0.5) is 0 Å². The molecule has 2 rings (SSSR count). The molecule has 0 unspecified atom stereocenters. The summed E-state index contributed by atoms with van der Waals surface area (Å²) >= 11 is 0. The Bertz CT molecular complexity index is 706. The van der Waals surface area contributed by atoms with Gasteiger partial charge in [-0.2, -0.15) is 0 Å². The second-order valence-electron chi connectivity index (χ2n) is 4.36. The van der Waals surface area contributed by atoms with Crippen molar-refractivity contribution in [2.45, 2.75) is 0 Å². The molecule has 0 radical (unpaired) electrons. The van der Waals surface area contributed by atoms with Gasteiger partial charge < -0.3 is 9.88 Å². The highest BCUT2D eigenvalue weighted by atomic mass is 16.2. The lowest BCUT2D eigenvalue weighted by Crippen LogP contribution is -2.34. The first kappa shape index (κ1) is 13.8. The Kier molecular flexibility index (Phi) is 4.15. The van der Waals surface area contributed by atoms with Gasteiger partial charge in [0.1, 0.15) is 5.56 Å². The van der Waals surface area contributed by atoms with Gasteiger partial charge in [-0.3, -0.25) is 9.59 Å². The number of carbonyl (C=O) groups excluding carboxylic acids is 1. The fourth-order valence-electron chi connectivity index (χ4n) is 2.05. The van der Waals surface area contributed by atoms with Crippen molar-refractivity contribution in [3.63, 3.8) is 0 Å². The molecule has 0 aliphatic rings. The molecule has 0 atom stereocenters. The number of para-hydroxylation sites is 1. The molecule has 1 heterocycles. The van der Waals surface area contributed by atoms with Crippen molar-refractivity contribution in [2.24, 2.45) is 0 Å². The number of amides is 1. The summed E-state index contributed by atoms with van der Waals surface area (Å²) in [5, 5.41) is 0.510. The summed E-state index contributed by atoms with van der Waals surface area (Å²) in [5.41, 5.74) is 0.586. The van der Waals surface area contributed by atoms with E-state index in [-0.39, 0.29) is 16.9 Å². The van der Waals surface area contributed by atoms with Gasteiger partial charge in [-0.05, 0) is 12.1 Å². The maximum Gasteiger partial charge on any atom is 0.259 e. The number of hydrogen-bond donors (Lipinski definition) is 1. The molecule has 0 fully saturated rings. The van der Waals surface area contributed by atoms with E-state index in [2.05, 4.69) is 18.1 Å². The van der Waals surface area contributed by atoms with E-state index in [9.17, 15) is 9.59 Å². The Balaban J connectivity index is 2.49. The average Bonchev–Trinajstić information content (AvgIpc) is 2.47. The van der Waals surface area contributed by atoms with Crippen molar-refractivity contribution >= 4 is 16.8 Å². The van der Waals surface area contributed by atoms with Crippen molar-refractivity contribution in [3.05, 3.63) is 71.6 Å². The van der Waals surface area contributed by atoms with Gasteiger partial charge in [-0.1, -0.05) is 24.3 Å². The third kappa shape index (κ3) is 2.54. The highest BCUT2D eigenvalue weighted by Crippen LogP contribution is 2.08. The quantitative estimate of drug-likeness (QED) is 0.846. The number of nitrogens with zero attached hydrogens (tertiary/aromatic N) is 1. The molecule has 0 saturated heterocycles. The largest absolute Gasteiger partial charge is 0.360 e. The van der Waals surface area contributed by atoms with E-state index < -0.39 is 0 Å². The van der Waals surface area contributed by atoms with E-state index >= 15 is 0 Å². The lowest BCUT2D eigenvalue weighted by atomic mass is 10.1. The third-order valence-electron chi connectivity index (χ3n) is 3.00. The summed E-state index contributed by atoms with van der Waals surface area (Å²) in [5.74, 6) is -0.322. The van der Waals surface area contributed by atoms with Crippen LogP contribution in [0.5, 0.6) is 0 Å². The van der Waals surface area contributed by atoms with Crippen LogP contribution in [-0.4, -0.2) is 28.9 Å². The van der Waals surface area contributed by atoms with Gasteiger partial charge in [0.2, 0.25) is 5.43 Å². The predicted molar refractivity (Wildman–Crippen MR) is 80.9 cm³/mol. The highest BCUT2D eigenvalue weighted by Gasteiger charge is 2.17. The SMILES string of the molecule is C=CCN(CC=C)C(=O)c1c[nH]c2ccccc2c1=O. The maximum absolute atomic E-state index is 12.4. The molecule has 20 heavy (non-hydrogen) atoms. The smallest absolute Gasteiger partial charge is 0.259 e. The van der Waals surface area contributed by atoms with Crippen LogP contribution in [0.2, 0.25) is 0 Å². The van der Waals surface area contributed by atoms with Crippen LogP contribution in [-0.2, 0) is 0 Å². The lowest BCUT2D eigenvalue weighted by Gasteiger charge is -2.18. The van der Waals surface area contributed by atoms with E-state index in [1.807, 2.05) is 6.07 Å². The first-order chi connectivity index (χ1) is 9.69. The van der Waals surface area contributed by atoms with Gasteiger partial charge in [0.15, 0.2) is 0 Å². The van der Waals surface area contributed by atoms with Gasteiger partial charge in [-0.15, -0.1) is 13.2 Å². The number of hydrogen-bond acceptors (Lipinski definition) is 2. The molecule has 102 valence electrons. The third-order valence-corrected chi connectivity index (χ3v) is 3.00. The number of carbonyl (C=O) groups is 1. The van der Waals surface area contributed by atoms with E-state index in [0.29, 0.717) is 24.0 Å². The van der Waals surface area contributed by atoms with E-state index in [1.165, 1.54) is 11.1 Å². The minimum atomic E-state index is -0.322. The number of pyridine rings is 1. The molecule has 0 saturated carbocycles. The standard InChI is InChI=1S/C16H16N2O2/c1-3-9-18(10-4-2)16(20)13-11-17-14-8-6-5-7-12(14)15(13)19/h3-8,11H,1-2,9-10H2,(H,17,19). The monoisotopic (exact) mass is 268 g/mol. The molecule has 0 spiro atoms. The predicted octanol–water partition coefficient (Wildman–Crippen LogP) is 2.34. The summed E-state index contributed by atoms with van der Waals surface area (Å²) in [6, 6.07) is 7.12. The van der Waals surface area contributed by atoms with Crippen LogP contribution in [0.15, 0.2) is 60.6 Å². The summed E-state index contributed by atoms with van der Waals surface area (Å²) in [7, 11) is 0. The van der Waals surface area contributed by atoms with Crippen molar-refractivity contribution < 1.29 is 4.79 Å². The van der Waals surface area contributed by atoms with Crippen molar-refractivity contribution in [1.29, 1.82) is 0 Å². The molecule has 1 aromatic heterocycles. The molecule has 1 amide bonds. The van der Waals surface area contributed by atoms with Crippen LogP contribution >= 0.6 is 0 Å². The van der Waals surface area contributed by atoms with E-state index in [0.717, 1.165) is 0 Å². The number of benzene rings is 1. The molecule has 4 heteroatoms. The van der Waals surface area contributed by atoms with Crippen molar-refractivity contribution in [1.82, 2.24) is 9.88 Å². The molecule has 1 aromatic carbocycles. The average molecular weight is 268 g/mol. The Morgan fingerprint density at radius 2 is 1.85 bits per heavy atom. The molecular formula is C16H16N2O2. The Labute approximate surface area is 117 Å². The van der Waals surface area contributed by atoms with Crippen LogP contribution in [0.25, 0.3) is 10.9 Å². The molecule has 2 aromatic rings. The first-order valence-corrected chi connectivity index (χ1v) is 6.30. The zero-order valence-electron chi connectivity index (χ0n) is 11.1. The summed E-state index contributed by atoms with van der Waals surface area (Å²) < 4.78 is 0. The Morgan fingerprint density at radius 3 is 2.50 bits per heavy atom.